The number of hydrogen-bond acceptors (Lipinski definition) is 1. The van der Waals surface area contributed by atoms with Crippen molar-refractivity contribution in [3.05, 3.63) is 53.6 Å². The van der Waals surface area contributed by atoms with Crippen LogP contribution in [0.2, 0.25) is 0 Å². The van der Waals surface area contributed by atoms with Crippen LogP contribution in [-0.4, -0.2) is 0 Å². The minimum Gasteiger partial charge on any atom is -0.488 e. The topological polar surface area (TPSA) is 9.23 Å². The first kappa shape index (κ1) is 11.1. The molecule has 2 aromatic carbocycles. The van der Waals surface area contributed by atoms with Gasteiger partial charge in [-0.3, -0.25) is 0 Å². The minimum atomic E-state index is -4.31. The molecule has 0 amide bonds. The van der Waals surface area contributed by atoms with Gasteiger partial charge in [0.25, 0.3) is 0 Å². The highest BCUT2D eigenvalue weighted by molar-refractivity contribution is 5.75. The number of halogens is 3. The average molecular weight is 250 g/mol. The van der Waals surface area contributed by atoms with E-state index in [1.807, 2.05) is 24.3 Å². The molecule has 0 unspecified atom stereocenters. The van der Waals surface area contributed by atoms with Gasteiger partial charge in [-0.05, 0) is 29.3 Å². The molecule has 0 atom stereocenters. The molecular formula is C14H9F3O. The zero-order valence-corrected chi connectivity index (χ0v) is 9.29. The lowest BCUT2D eigenvalue weighted by Gasteiger charge is -2.21. The van der Waals surface area contributed by atoms with E-state index in [0.717, 1.165) is 23.3 Å². The summed E-state index contributed by atoms with van der Waals surface area (Å²) in [5, 5.41) is 0. The minimum absolute atomic E-state index is 0.177. The van der Waals surface area contributed by atoms with Crippen molar-refractivity contribution < 1.29 is 17.9 Å². The van der Waals surface area contributed by atoms with Crippen LogP contribution in [0.5, 0.6) is 5.75 Å². The first-order chi connectivity index (χ1) is 8.55. The molecule has 0 saturated heterocycles. The van der Waals surface area contributed by atoms with Gasteiger partial charge < -0.3 is 4.74 Å². The Balaban J connectivity index is 2.14. The fourth-order valence-corrected chi connectivity index (χ4v) is 2.12. The maximum atomic E-state index is 12.6. The third-order valence-corrected chi connectivity index (χ3v) is 2.99. The molecule has 1 aliphatic rings. The summed E-state index contributed by atoms with van der Waals surface area (Å²) in [6, 6.07) is 11.1. The molecule has 1 nitrogen and oxygen atoms in total. The summed E-state index contributed by atoms with van der Waals surface area (Å²) in [6.45, 7) is 0.177. The van der Waals surface area contributed by atoms with Crippen molar-refractivity contribution in [2.45, 2.75) is 12.8 Å². The smallest absolute Gasteiger partial charge is 0.416 e. The summed E-state index contributed by atoms with van der Waals surface area (Å²) < 4.78 is 43.3. The Kier molecular flexibility index (Phi) is 2.33. The van der Waals surface area contributed by atoms with Crippen molar-refractivity contribution in [1.29, 1.82) is 0 Å². The maximum absolute atomic E-state index is 12.6. The number of para-hydroxylation sites is 1. The molecular weight excluding hydrogens is 241 g/mol. The molecule has 1 heterocycles. The van der Waals surface area contributed by atoms with Gasteiger partial charge in [0, 0.05) is 5.56 Å². The average Bonchev–Trinajstić information content (AvgIpc) is 2.37. The zero-order valence-electron chi connectivity index (χ0n) is 9.29. The molecule has 18 heavy (non-hydrogen) atoms. The monoisotopic (exact) mass is 250 g/mol. The van der Waals surface area contributed by atoms with Crippen LogP contribution < -0.4 is 4.74 Å². The Morgan fingerprint density at radius 1 is 0.944 bits per heavy atom. The molecule has 0 spiro atoms. The highest BCUT2D eigenvalue weighted by Crippen LogP contribution is 2.39. The summed E-state index contributed by atoms with van der Waals surface area (Å²) in [5.74, 6) is 0.713. The predicted octanol–water partition coefficient (Wildman–Crippen LogP) is 4.26. The van der Waals surface area contributed by atoms with Crippen molar-refractivity contribution in [2.75, 3.05) is 0 Å². The van der Waals surface area contributed by atoms with Crippen LogP contribution in [0.15, 0.2) is 42.5 Å². The fourth-order valence-electron chi connectivity index (χ4n) is 2.12. The van der Waals surface area contributed by atoms with Crippen molar-refractivity contribution in [3.8, 4) is 16.9 Å². The van der Waals surface area contributed by atoms with Crippen molar-refractivity contribution in [1.82, 2.24) is 0 Å². The molecule has 0 bridgehead atoms. The van der Waals surface area contributed by atoms with E-state index in [1.165, 1.54) is 6.07 Å². The summed E-state index contributed by atoms with van der Waals surface area (Å²) in [5.41, 5.74) is 1.59. The van der Waals surface area contributed by atoms with Gasteiger partial charge in [0.1, 0.15) is 12.4 Å². The van der Waals surface area contributed by atoms with Gasteiger partial charge in [-0.15, -0.1) is 0 Å². The van der Waals surface area contributed by atoms with E-state index in [0.29, 0.717) is 11.3 Å². The number of ether oxygens (including phenoxy) is 1. The van der Waals surface area contributed by atoms with E-state index in [2.05, 4.69) is 0 Å². The van der Waals surface area contributed by atoms with Crippen LogP contribution in [0.3, 0.4) is 0 Å². The largest absolute Gasteiger partial charge is 0.488 e. The molecule has 92 valence electrons. The van der Waals surface area contributed by atoms with Crippen LogP contribution in [0.1, 0.15) is 11.1 Å². The molecule has 4 heteroatoms. The normalized spacial score (nSPS) is 13.5. The van der Waals surface area contributed by atoms with E-state index < -0.39 is 11.7 Å². The van der Waals surface area contributed by atoms with Gasteiger partial charge in [0.05, 0.1) is 5.56 Å². The summed E-state index contributed by atoms with van der Waals surface area (Å²) in [4.78, 5) is 0. The third kappa shape index (κ3) is 1.74. The van der Waals surface area contributed by atoms with Crippen molar-refractivity contribution in [2.24, 2.45) is 0 Å². The van der Waals surface area contributed by atoms with Crippen LogP contribution in [0.4, 0.5) is 13.2 Å². The molecule has 0 fully saturated rings. The van der Waals surface area contributed by atoms with E-state index >= 15 is 0 Å². The van der Waals surface area contributed by atoms with E-state index in [1.54, 1.807) is 0 Å². The first-order valence-corrected chi connectivity index (χ1v) is 5.48. The Bertz CT molecular complexity index is 602. The molecule has 0 aliphatic carbocycles. The number of fused-ring (bicyclic) bond motifs is 3. The lowest BCUT2D eigenvalue weighted by molar-refractivity contribution is -0.137. The second-order valence-corrected chi connectivity index (χ2v) is 4.15. The van der Waals surface area contributed by atoms with Gasteiger partial charge in [-0.2, -0.15) is 13.2 Å². The SMILES string of the molecule is FC(F)(F)c1ccc2c(c1)COc1ccccc1-2. The number of benzene rings is 2. The Morgan fingerprint density at radius 2 is 1.72 bits per heavy atom. The Labute approximate surface area is 102 Å². The Morgan fingerprint density at radius 3 is 2.50 bits per heavy atom. The lowest BCUT2D eigenvalue weighted by Crippen LogP contribution is -2.10. The molecule has 2 aromatic rings. The highest BCUT2D eigenvalue weighted by atomic mass is 19.4. The van der Waals surface area contributed by atoms with Gasteiger partial charge in [0.15, 0.2) is 0 Å². The quantitative estimate of drug-likeness (QED) is 0.678. The number of hydrogen-bond donors (Lipinski definition) is 0. The van der Waals surface area contributed by atoms with Gasteiger partial charge >= 0.3 is 6.18 Å². The molecule has 0 aromatic heterocycles. The van der Waals surface area contributed by atoms with Gasteiger partial charge in [-0.25, -0.2) is 0 Å². The van der Waals surface area contributed by atoms with Crippen LogP contribution in [0, 0.1) is 0 Å². The van der Waals surface area contributed by atoms with Crippen LogP contribution in [-0.2, 0) is 12.8 Å². The standard InChI is InChI=1S/C14H9F3O/c15-14(16,17)10-5-6-11-9(7-10)8-18-13-4-2-1-3-12(11)13/h1-7H,8H2. The second kappa shape index (κ2) is 3.77. The van der Waals surface area contributed by atoms with Crippen LogP contribution in [0.25, 0.3) is 11.1 Å². The molecule has 0 radical (unpaired) electrons. The third-order valence-electron chi connectivity index (χ3n) is 2.99. The highest BCUT2D eigenvalue weighted by Gasteiger charge is 2.31. The number of alkyl halides is 3. The van der Waals surface area contributed by atoms with Gasteiger partial charge in [0.2, 0.25) is 0 Å². The second-order valence-electron chi connectivity index (χ2n) is 4.15. The lowest BCUT2D eigenvalue weighted by atomic mass is 9.95. The van der Waals surface area contributed by atoms with Crippen molar-refractivity contribution in [3.63, 3.8) is 0 Å². The van der Waals surface area contributed by atoms with Crippen molar-refractivity contribution >= 4 is 0 Å². The molecule has 0 saturated carbocycles. The summed E-state index contributed by atoms with van der Waals surface area (Å²) in [7, 11) is 0. The number of rotatable bonds is 0. The van der Waals surface area contributed by atoms with E-state index in [-0.39, 0.29) is 6.61 Å². The fraction of sp³-hybridized carbons (Fsp3) is 0.143. The van der Waals surface area contributed by atoms with Crippen LogP contribution >= 0.6 is 0 Å². The van der Waals surface area contributed by atoms with E-state index in [4.69, 9.17) is 4.74 Å². The first-order valence-electron chi connectivity index (χ1n) is 5.48. The predicted molar refractivity (Wildman–Crippen MR) is 61.2 cm³/mol. The van der Waals surface area contributed by atoms with E-state index in [9.17, 15) is 13.2 Å². The molecule has 0 N–H and O–H groups in total. The Hall–Kier alpha value is -1.97. The van der Waals surface area contributed by atoms with Gasteiger partial charge in [-0.1, -0.05) is 24.3 Å². The maximum Gasteiger partial charge on any atom is 0.416 e. The zero-order chi connectivity index (χ0) is 12.8. The molecule has 1 aliphatic heterocycles. The summed E-state index contributed by atoms with van der Waals surface area (Å²) >= 11 is 0. The summed E-state index contributed by atoms with van der Waals surface area (Å²) in [6.07, 6.45) is -4.31. The molecule has 3 rings (SSSR count).